The zero-order valence-electron chi connectivity index (χ0n) is 15.0. The van der Waals surface area contributed by atoms with Gasteiger partial charge in [-0.3, -0.25) is 0 Å². The molecule has 1 saturated carbocycles. The fourth-order valence-corrected chi connectivity index (χ4v) is 4.11. The molecule has 0 aromatic rings. The summed E-state index contributed by atoms with van der Waals surface area (Å²) in [5.74, 6) is 2.09. The highest BCUT2D eigenvalue weighted by atomic mass is 16.6. The number of carbonyl (C=O) groups is 1. The molecule has 4 nitrogen and oxygen atoms in total. The van der Waals surface area contributed by atoms with Crippen molar-refractivity contribution >= 4 is 6.09 Å². The predicted molar refractivity (Wildman–Crippen MR) is 89.6 cm³/mol. The molecule has 4 heteroatoms. The van der Waals surface area contributed by atoms with Crippen molar-refractivity contribution in [2.24, 2.45) is 28.9 Å². The van der Waals surface area contributed by atoms with Gasteiger partial charge in [0, 0.05) is 13.1 Å². The van der Waals surface area contributed by atoms with Crippen molar-refractivity contribution in [1.82, 2.24) is 4.90 Å². The van der Waals surface area contributed by atoms with Gasteiger partial charge in [0.25, 0.3) is 0 Å². The smallest absolute Gasteiger partial charge is 0.410 e. The van der Waals surface area contributed by atoms with Gasteiger partial charge < -0.3 is 15.4 Å². The summed E-state index contributed by atoms with van der Waals surface area (Å²) in [5.41, 5.74) is 5.88. The number of ether oxygens (including phenoxy) is 1. The monoisotopic (exact) mass is 310 g/mol. The van der Waals surface area contributed by atoms with Gasteiger partial charge in [-0.05, 0) is 76.2 Å². The normalized spacial score (nSPS) is 31.0. The van der Waals surface area contributed by atoms with Crippen molar-refractivity contribution in [3.63, 3.8) is 0 Å². The Morgan fingerprint density at radius 3 is 2.50 bits per heavy atom. The van der Waals surface area contributed by atoms with Crippen molar-refractivity contribution in [3.8, 4) is 0 Å². The van der Waals surface area contributed by atoms with Crippen LogP contribution < -0.4 is 5.73 Å². The van der Waals surface area contributed by atoms with Gasteiger partial charge in [-0.2, -0.15) is 0 Å². The van der Waals surface area contributed by atoms with Gasteiger partial charge in [-0.15, -0.1) is 0 Å². The summed E-state index contributed by atoms with van der Waals surface area (Å²) in [6.07, 6.45) is 4.65. The summed E-state index contributed by atoms with van der Waals surface area (Å²) in [6, 6.07) is 0. The van der Waals surface area contributed by atoms with E-state index in [1.54, 1.807) is 0 Å². The van der Waals surface area contributed by atoms with Crippen LogP contribution in [0.3, 0.4) is 0 Å². The van der Waals surface area contributed by atoms with E-state index >= 15 is 0 Å². The van der Waals surface area contributed by atoms with E-state index in [1.165, 1.54) is 19.3 Å². The first-order valence-electron chi connectivity index (χ1n) is 8.83. The lowest BCUT2D eigenvalue weighted by Gasteiger charge is -2.34. The lowest BCUT2D eigenvalue weighted by Crippen LogP contribution is -2.42. The van der Waals surface area contributed by atoms with E-state index in [2.05, 4.69) is 13.8 Å². The van der Waals surface area contributed by atoms with E-state index in [0.29, 0.717) is 17.3 Å². The molecule has 2 rings (SSSR count). The van der Waals surface area contributed by atoms with Crippen LogP contribution in [0.25, 0.3) is 0 Å². The van der Waals surface area contributed by atoms with Crippen LogP contribution in [0, 0.1) is 23.2 Å². The SMILES string of the molecule is CC(C)(C)OC(=O)N1CCCC(CCC2C(CN)C2(C)C)C1. The summed E-state index contributed by atoms with van der Waals surface area (Å²) < 4.78 is 5.50. The zero-order valence-corrected chi connectivity index (χ0v) is 15.0. The number of rotatable bonds is 4. The number of amides is 1. The molecule has 1 heterocycles. The van der Waals surface area contributed by atoms with Gasteiger partial charge in [0.05, 0.1) is 0 Å². The number of nitrogens with zero attached hydrogens (tertiary/aromatic N) is 1. The molecule has 0 aromatic carbocycles. The summed E-state index contributed by atoms with van der Waals surface area (Å²) in [4.78, 5) is 14.1. The molecule has 1 aliphatic carbocycles. The summed E-state index contributed by atoms with van der Waals surface area (Å²) in [5, 5.41) is 0. The molecular formula is C18H34N2O2. The third-order valence-corrected chi connectivity index (χ3v) is 5.60. The summed E-state index contributed by atoms with van der Waals surface area (Å²) in [6.45, 7) is 13.0. The topological polar surface area (TPSA) is 55.6 Å². The second-order valence-corrected chi connectivity index (χ2v) is 8.78. The number of hydrogen-bond acceptors (Lipinski definition) is 3. The largest absolute Gasteiger partial charge is 0.444 e. The highest BCUT2D eigenvalue weighted by molar-refractivity contribution is 5.68. The molecule has 1 aliphatic heterocycles. The van der Waals surface area contributed by atoms with E-state index < -0.39 is 5.60 Å². The molecule has 3 atom stereocenters. The van der Waals surface area contributed by atoms with Gasteiger partial charge >= 0.3 is 6.09 Å². The van der Waals surface area contributed by atoms with Crippen molar-refractivity contribution in [2.45, 2.75) is 65.9 Å². The number of carbonyl (C=O) groups excluding carboxylic acids is 1. The molecule has 128 valence electrons. The van der Waals surface area contributed by atoms with E-state index in [4.69, 9.17) is 10.5 Å². The van der Waals surface area contributed by atoms with E-state index in [9.17, 15) is 4.79 Å². The lowest BCUT2D eigenvalue weighted by atomic mass is 9.91. The molecule has 2 N–H and O–H groups in total. The highest BCUT2D eigenvalue weighted by Crippen LogP contribution is 2.60. The number of hydrogen-bond donors (Lipinski definition) is 1. The molecule has 0 bridgehead atoms. The summed E-state index contributed by atoms with van der Waals surface area (Å²) >= 11 is 0. The number of likely N-dealkylation sites (tertiary alicyclic amines) is 1. The Kier molecular flexibility index (Phi) is 5.10. The Balaban J connectivity index is 1.78. The van der Waals surface area contributed by atoms with Gasteiger partial charge in [0.15, 0.2) is 0 Å². The average Bonchev–Trinajstić information content (AvgIpc) is 2.95. The first-order chi connectivity index (χ1) is 10.1. The second kappa shape index (κ2) is 6.38. The van der Waals surface area contributed by atoms with Crippen LogP contribution >= 0.6 is 0 Å². The highest BCUT2D eigenvalue weighted by Gasteiger charge is 2.55. The first kappa shape index (κ1) is 17.6. The number of piperidine rings is 1. The maximum atomic E-state index is 12.2. The van der Waals surface area contributed by atoms with E-state index in [0.717, 1.165) is 32.0 Å². The minimum atomic E-state index is -0.406. The number of nitrogens with two attached hydrogens (primary N) is 1. The minimum Gasteiger partial charge on any atom is -0.444 e. The third-order valence-electron chi connectivity index (χ3n) is 5.60. The standard InChI is InChI=1S/C18H34N2O2/c1-17(2,3)22-16(21)20-10-6-7-13(12-20)8-9-14-15(11-19)18(14,4)5/h13-15H,6-12,19H2,1-5H3. The fourth-order valence-electron chi connectivity index (χ4n) is 4.11. The molecular weight excluding hydrogens is 276 g/mol. The molecule has 0 radical (unpaired) electrons. The molecule has 0 aromatic heterocycles. The second-order valence-electron chi connectivity index (χ2n) is 8.78. The van der Waals surface area contributed by atoms with Crippen molar-refractivity contribution in [1.29, 1.82) is 0 Å². The quantitative estimate of drug-likeness (QED) is 0.862. The maximum Gasteiger partial charge on any atom is 0.410 e. The molecule has 22 heavy (non-hydrogen) atoms. The maximum absolute atomic E-state index is 12.2. The van der Waals surface area contributed by atoms with E-state index in [1.807, 2.05) is 25.7 Å². The fraction of sp³-hybridized carbons (Fsp3) is 0.944. The Bertz CT molecular complexity index is 400. The van der Waals surface area contributed by atoms with Crippen LogP contribution in [0.15, 0.2) is 0 Å². The van der Waals surface area contributed by atoms with Crippen LogP contribution in [0.5, 0.6) is 0 Å². The predicted octanol–water partition coefficient (Wildman–Crippen LogP) is 3.64. The molecule has 1 amide bonds. The van der Waals surface area contributed by atoms with Crippen LogP contribution in [0.4, 0.5) is 4.79 Å². The molecule has 2 fully saturated rings. The van der Waals surface area contributed by atoms with Crippen molar-refractivity contribution in [2.75, 3.05) is 19.6 Å². The molecule has 3 unspecified atom stereocenters. The van der Waals surface area contributed by atoms with Gasteiger partial charge in [-0.1, -0.05) is 13.8 Å². The van der Waals surface area contributed by atoms with Crippen LogP contribution in [-0.2, 0) is 4.74 Å². The van der Waals surface area contributed by atoms with Crippen molar-refractivity contribution < 1.29 is 9.53 Å². The molecule has 1 saturated heterocycles. The summed E-state index contributed by atoms with van der Waals surface area (Å²) in [7, 11) is 0. The Hall–Kier alpha value is -0.770. The Morgan fingerprint density at radius 2 is 1.95 bits per heavy atom. The van der Waals surface area contributed by atoms with Crippen LogP contribution in [-0.4, -0.2) is 36.2 Å². The lowest BCUT2D eigenvalue weighted by molar-refractivity contribution is 0.0159. The van der Waals surface area contributed by atoms with Crippen LogP contribution in [0.2, 0.25) is 0 Å². The van der Waals surface area contributed by atoms with Gasteiger partial charge in [0.1, 0.15) is 5.60 Å². The van der Waals surface area contributed by atoms with Gasteiger partial charge in [0.2, 0.25) is 0 Å². The van der Waals surface area contributed by atoms with Crippen LogP contribution in [0.1, 0.15) is 60.3 Å². The Morgan fingerprint density at radius 1 is 1.27 bits per heavy atom. The molecule has 0 spiro atoms. The zero-order chi connectivity index (χ0) is 16.5. The minimum absolute atomic E-state index is 0.149. The van der Waals surface area contributed by atoms with Crippen molar-refractivity contribution in [3.05, 3.63) is 0 Å². The molecule has 2 aliphatic rings. The van der Waals surface area contributed by atoms with E-state index in [-0.39, 0.29) is 6.09 Å². The Labute approximate surface area is 135 Å². The first-order valence-corrected chi connectivity index (χ1v) is 8.83. The van der Waals surface area contributed by atoms with Gasteiger partial charge in [-0.25, -0.2) is 4.79 Å². The third kappa shape index (κ3) is 4.15. The average molecular weight is 310 g/mol.